The van der Waals surface area contributed by atoms with Crippen molar-refractivity contribution in [2.45, 2.75) is 33.2 Å². The van der Waals surface area contributed by atoms with E-state index in [-0.39, 0.29) is 12.0 Å². The number of hydrogen-bond donors (Lipinski definition) is 1. The molecule has 0 aliphatic heterocycles. The van der Waals surface area contributed by atoms with Gasteiger partial charge in [0.1, 0.15) is 0 Å². The summed E-state index contributed by atoms with van der Waals surface area (Å²) in [5, 5.41) is 0. The zero-order valence-electron chi connectivity index (χ0n) is 7.46. The maximum absolute atomic E-state index is 10.9. The van der Waals surface area contributed by atoms with Gasteiger partial charge in [0.25, 0.3) is 0 Å². The lowest BCUT2D eigenvalue weighted by Crippen LogP contribution is -2.29. The fourth-order valence-electron chi connectivity index (χ4n) is 0.648. The Hall–Kier alpha value is -0.570. The van der Waals surface area contributed by atoms with Gasteiger partial charge in [-0.1, -0.05) is 13.8 Å². The fourth-order valence-corrected chi connectivity index (χ4v) is 0.648. The smallest absolute Gasteiger partial charge is 0.307 e. The first-order chi connectivity index (χ1) is 5.07. The minimum Gasteiger partial charge on any atom is -0.466 e. The lowest BCUT2D eigenvalue weighted by molar-refractivity contribution is -0.143. The van der Waals surface area contributed by atoms with Crippen molar-refractivity contribution < 1.29 is 9.53 Å². The van der Waals surface area contributed by atoms with Gasteiger partial charge in [-0.25, -0.2) is 0 Å². The highest BCUT2D eigenvalue weighted by Crippen LogP contribution is 2.03. The summed E-state index contributed by atoms with van der Waals surface area (Å²) in [6.07, 6.45) is 0.325. The molecule has 0 spiro atoms. The van der Waals surface area contributed by atoms with Crippen molar-refractivity contribution in [2.24, 2.45) is 11.7 Å². The number of rotatable bonds is 4. The van der Waals surface area contributed by atoms with Gasteiger partial charge in [-0.05, 0) is 12.8 Å². The highest BCUT2D eigenvalue weighted by molar-refractivity contribution is 5.70. The van der Waals surface area contributed by atoms with Crippen LogP contribution in [0.5, 0.6) is 0 Å². The van der Waals surface area contributed by atoms with E-state index in [1.165, 1.54) is 0 Å². The summed E-state index contributed by atoms with van der Waals surface area (Å²) in [6.45, 7) is 6.20. The summed E-state index contributed by atoms with van der Waals surface area (Å²) >= 11 is 0. The zero-order valence-corrected chi connectivity index (χ0v) is 7.46. The molecular weight excluding hydrogens is 142 g/mol. The summed E-state index contributed by atoms with van der Waals surface area (Å²) in [7, 11) is 0. The van der Waals surface area contributed by atoms with E-state index >= 15 is 0 Å². The van der Waals surface area contributed by atoms with E-state index in [4.69, 9.17) is 10.5 Å². The molecule has 0 aliphatic rings. The molecule has 2 N–H and O–H groups in total. The van der Waals surface area contributed by atoms with Crippen molar-refractivity contribution in [1.82, 2.24) is 0 Å². The minimum absolute atomic E-state index is 0.0750. The van der Waals surface area contributed by atoms with Crippen LogP contribution in [0.4, 0.5) is 0 Å². The molecule has 0 aliphatic carbocycles. The molecule has 3 heteroatoms. The molecule has 0 amide bonds. The van der Waals surface area contributed by atoms with Crippen LogP contribution in [-0.4, -0.2) is 18.6 Å². The van der Waals surface area contributed by atoms with Crippen LogP contribution in [0, 0.1) is 5.92 Å². The molecule has 1 atom stereocenters. The molecule has 0 fully saturated rings. The summed E-state index contributed by atoms with van der Waals surface area (Å²) in [6, 6.07) is -0.0750. The van der Waals surface area contributed by atoms with Crippen LogP contribution in [0.15, 0.2) is 0 Å². The van der Waals surface area contributed by atoms with Gasteiger partial charge < -0.3 is 10.5 Å². The summed E-state index contributed by atoms with van der Waals surface area (Å²) in [5.41, 5.74) is 5.65. The van der Waals surface area contributed by atoms with E-state index in [2.05, 4.69) is 0 Å². The van der Waals surface area contributed by atoms with Gasteiger partial charge in [-0.15, -0.1) is 0 Å². The summed E-state index contributed by atoms with van der Waals surface area (Å²) in [4.78, 5) is 10.9. The lowest BCUT2D eigenvalue weighted by atomic mass is 10.0. The third-order valence-electron chi connectivity index (χ3n) is 1.56. The van der Waals surface area contributed by atoms with Crippen molar-refractivity contribution in [3.63, 3.8) is 0 Å². The molecule has 0 heterocycles. The third kappa shape index (κ3) is 4.79. The average Bonchev–Trinajstić information content (AvgIpc) is 1.87. The van der Waals surface area contributed by atoms with Gasteiger partial charge in [0, 0.05) is 6.04 Å². The summed E-state index contributed by atoms with van der Waals surface area (Å²) < 4.78 is 4.74. The molecule has 0 aromatic rings. The number of carbonyl (C=O) groups is 1. The van der Waals surface area contributed by atoms with E-state index in [9.17, 15) is 4.79 Å². The van der Waals surface area contributed by atoms with Crippen LogP contribution >= 0.6 is 0 Å². The van der Waals surface area contributed by atoms with Crippen LogP contribution in [0.25, 0.3) is 0 Å². The monoisotopic (exact) mass is 159 g/mol. The molecule has 0 saturated heterocycles. The molecule has 11 heavy (non-hydrogen) atoms. The Labute approximate surface area is 67.9 Å². The largest absolute Gasteiger partial charge is 0.466 e. The first-order valence-corrected chi connectivity index (χ1v) is 3.99. The Balaban J connectivity index is 3.57. The van der Waals surface area contributed by atoms with Crippen LogP contribution in [0.1, 0.15) is 27.2 Å². The maximum Gasteiger partial charge on any atom is 0.307 e. The number of nitrogens with two attached hydrogens (primary N) is 1. The standard InChI is InChI=1S/C8H17NO2/c1-4-11-8(10)5-7(9)6(2)3/h6-7H,4-5,9H2,1-3H3. The minimum atomic E-state index is -0.200. The normalized spacial score (nSPS) is 13.2. The molecule has 1 unspecified atom stereocenters. The van der Waals surface area contributed by atoms with Crippen molar-refractivity contribution in [3.05, 3.63) is 0 Å². The quantitative estimate of drug-likeness (QED) is 0.621. The lowest BCUT2D eigenvalue weighted by Gasteiger charge is -2.13. The Kier molecular flexibility index (Phi) is 4.86. The molecule has 0 radical (unpaired) electrons. The Morgan fingerprint density at radius 2 is 2.09 bits per heavy atom. The molecule has 0 bridgehead atoms. The number of esters is 1. The Morgan fingerprint density at radius 1 is 1.55 bits per heavy atom. The van der Waals surface area contributed by atoms with Crippen molar-refractivity contribution in [1.29, 1.82) is 0 Å². The van der Waals surface area contributed by atoms with Crippen molar-refractivity contribution in [3.8, 4) is 0 Å². The SMILES string of the molecule is CCOC(=O)CC(N)C(C)C. The third-order valence-corrected chi connectivity index (χ3v) is 1.56. The molecular formula is C8H17NO2. The number of carbonyl (C=O) groups excluding carboxylic acids is 1. The molecule has 0 rings (SSSR count). The van der Waals surface area contributed by atoms with Gasteiger partial charge >= 0.3 is 5.97 Å². The molecule has 0 saturated carbocycles. The van der Waals surface area contributed by atoms with Crippen molar-refractivity contribution in [2.75, 3.05) is 6.61 Å². The fraction of sp³-hybridized carbons (Fsp3) is 0.875. The Morgan fingerprint density at radius 3 is 2.45 bits per heavy atom. The second kappa shape index (κ2) is 5.13. The van der Waals surface area contributed by atoms with Gasteiger partial charge in [0.15, 0.2) is 0 Å². The average molecular weight is 159 g/mol. The van der Waals surface area contributed by atoms with E-state index in [1.54, 1.807) is 6.92 Å². The molecule has 3 nitrogen and oxygen atoms in total. The van der Waals surface area contributed by atoms with Crippen LogP contribution in [0.3, 0.4) is 0 Å². The van der Waals surface area contributed by atoms with E-state index in [1.807, 2.05) is 13.8 Å². The predicted octanol–water partition coefficient (Wildman–Crippen LogP) is 0.923. The van der Waals surface area contributed by atoms with Gasteiger partial charge in [-0.2, -0.15) is 0 Å². The highest BCUT2D eigenvalue weighted by Gasteiger charge is 2.12. The zero-order chi connectivity index (χ0) is 8.85. The molecule has 0 aromatic carbocycles. The van der Waals surface area contributed by atoms with Crippen LogP contribution in [0.2, 0.25) is 0 Å². The maximum atomic E-state index is 10.9. The molecule has 66 valence electrons. The predicted molar refractivity (Wildman–Crippen MR) is 44.1 cm³/mol. The van der Waals surface area contributed by atoms with Crippen molar-refractivity contribution >= 4 is 5.97 Å². The second-order valence-corrected chi connectivity index (χ2v) is 2.92. The summed E-state index contributed by atoms with van der Waals surface area (Å²) in [5.74, 6) is 0.133. The first-order valence-electron chi connectivity index (χ1n) is 3.99. The molecule has 0 aromatic heterocycles. The number of ether oxygens (including phenoxy) is 1. The van der Waals surface area contributed by atoms with E-state index in [0.29, 0.717) is 18.9 Å². The topological polar surface area (TPSA) is 52.3 Å². The van der Waals surface area contributed by atoms with Crippen LogP contribution < -0.4 is 5.73 Å². The second-order valence-electron chi connectivity index (χ2n) is 2.92. The van der Waals surface area contributed by atoms with Gasteiger partial charge in [0.05, 0.1) is 13.0 Å². The first kappa shape index (κ1) is 10.4. The Bertz CT molecular complexity index is 123. The van der Waals surface area contributed by atoms with Gasteiger partial charge in [-0.3, -0.25) is 4.79 Å². The van der Waals surface area contributed by atoms with E-state index < -0.39 is 0 Å². The highest BCUT2D eigenvalue weighted by atomic mass is 16.5. The number of hydrogen-bond acceptors (Lipinski definition) is 3. The van der Waals surface area contributed by atoms with Gasteiger partial charge in [0.2, 0.25) is 0 Å². The van der Waals surface area contributed by atoms with Crippen LogP contribution in [-0.2, 0) is 9.53 Å². The van der Waals surface area contributed by atoms with E-state index in [0.717, 1.165) is 0 Å².